The summed E-state index contributed by atoms with van der Waals surface area (Å²) in [6, 6.07) is 0. The van der Waals surface area contributed by atoms with Crippen molar-refractivity contribution in [2.24, 2.45) is 0 Å². The molecule has 1 fully saturated rings. The number of carbonyl (C=O) groups excluding carboxylic acids is 1. The molecule has 3 nitrogen and oxygen atoms in total. The molecule has 0 saturated carbocycles. The van der Waals surface area contributed by atoms with E-state index in [9.17, 15) is 9.90 Å². The van der Waals surface area contributed by atoms with Crippen LogP contribution >= 0.6 is 0 Å². The Hall–Kier alpha value is -0.570. The third kappa shape index (κ3) is 0.980. The Kier molecular flexibility index (Phi) is 1.48. The van der Waals surface area contributed by atoms with Gasteiger partial charge in [-0.05, 0) is 0 Å². The van der Waals surface area contributed by atoms with Crippen molar-refractivity contribution in [2.75, 3.05) is 13.1 Å². The van der Waals surface area contributed by atoms with Crippen LogP contribution in [0.5, 0.6) is 0 Å². The molecule has 0 aromatic carbocycles. The first-order valence-electron chi connectivity index (χ1n) is 2.87. The average molecular weight is 115 g/mol. The highest BCUT2D eigenvalue weighted by molar-refractivity contribution is 5.50. The van der Waals surface area contributed by atoms with Crippen LogP contribution in [0.1, 0.15) is 12.8 Å². The number of likely N-dealkylation sites (tertiary alicyclic amines) is 1. The first kappa shape index (κ1) is 5.56. The van der Waals surface area contributed by atoms with Crippen LogP contribution in [0.4, 0.5) is 4.79 Å². The number of carboxylic acid groups (broad SMARTS) is 1. The standard InChI is InChI=1S/C5H9NO2/c7-5(8)6-3-1-2-4-6/h1-4H2,(H,7,8). The monoisotopic (exact) mass is 115 g/mol. The molecule has 8 heavy (non-hydrogen) atoms. The lowest BCUT2D eigenvalue weighted by molar-refractivity contribution is -0.832. The van der Waals surface area contributed by atoms with E-state index in [0.29, 0.717) is 4.90 Å². The van der Waals surface area contributed by atoms with Crippen LogP contribution in [0, 0.1) is 0 Å². The highest BCUT2D eigenvalue weighted by Gasteiger charge is 2.15. The number of hydrogen-bond donors (Lipinski definition) is 1. The molecule has 46 valence electrons. The van der Waals surface area contributed by atoms with Crippen molar-refractivity contribution >= 4 is 6.09 Å². The fourth-order valence-electron chi connectivity index (χ4n) is 1.01. The van der Waals surface area contributed by atoms with Crippen molar-refractivity contribution in [2.45, 2.75) is 12.8 Å². The number of carbonyl (C=O) groups is 1. The minimum absolute atomic E-state index is 0.602. The van der Waals surface area contributed by atoms with Gasteiger partial charge in [0.05, 0.1) is 13.1 Å². The smallest absolute Gasteiger partial charge is 0.255 e. The molecule has 1 N–H and O–H groups in total. The maximum Gasteiger partial charge on any atom is 0.255 e. The van der Waals surface area contributed by atoms with E-state index in [-0.39, 0.29) is 0 Å². The van der Waals surface area contributed by atoms with E-state index in [1.54, 1.807) is 0 Å². The number of nitrogens with one attached hydrogen (secondary N) is 1. The van der Waals surface area contributed by atoms with Crippen LogP contribution in [0.15, 0.2) is 0 Å². The molecule has 0 atom stereocenters. The summed E-state index contributed by atoms with van der Waals surface area (Å²) in [7, 11) is 0. The lowest BCUT2D eigenvalue weighted by atomic mass is 10.4. The quantitative estimate of drug-likeness (QED) is 0.397. The molecule has 1 heterocycles. The number of amides is 1. The van der Waals surface area contributed by atoms with Gasteiger partial charge in [0, 0.05) is 12.8 Å². The molecular formula is C5H9NO2. The first-order chi connectivity index (χ1) is 3.80. The second-order valence-electron chi connectivity index (χ2n) is 2.10. The van der Waals surface area contributed by atoms with Crippen molar-refractivity contribution in [3.63, 3.8) is 0 Å². The molecule has 1 saturated heterocycles. The fraction of sp³-hybridized carbons (Fsp3) is 0.800. The molecule has 0 aliphatic carbocycles. The molecule has 0 radical (unpaired) electrons. The minimum atomic E-state index is -0.942. The van der Waals surface area contributed by atoms with Gasteiger partial charge in [-0.2, -0.15) is 0 Å². The maximum atomic E-state index is 10.1. The zero-order valence-corrected chi connectivity index (χ0v) is 4.64. The predicted octanol–water partition coefficient (Wildman–Crippen LogP) is -1.99. The van der Waals surface area contributed by atoms with Crippen molar-refractivity contribution < 1.29 is 14.8 Å². The summed E-state index contributed by atoms with van der Waals surface area (Å²) in [6.07, 6.45) is 1.12. The summed E-state index contributed by atoms with van der Waals surface area (Å²) in [5.41, 5.74) is 0. The van der Waals surface area contributed by atoms with Gasteiger partial charge in [-0.1, -0.05) is 0 Å². The largest absolute Gasteiger partial charge is 0.498 e. The maximum absolute atomic E-state index is 10.1. The molecule has 0 aromatic heterocycles. The molecule has 1 aliphatic heterocycles. The Morgan fingerprint density at radius 1 is 1.38 bits per heavy atom. The Labute approximate surface area is 47.9 Å². The molecule has 1 amide bonds. The average Bonchev–Trinajstić information content (AvgIpc) is 2.12. The molecule has 3 heteroatoms. The first-order valence-corrected chi connectivity index (χ1v) is 2.87. The van der Waals surface area contributed by atoms with Gasteiger partial charge in [0.15, 0.2) is 0 Å². The Morgan fingerprint density at radius 2 is 1.88 bits per heavy atom. The van der Waals surface area contributed by atoms with E-state index in [1.165, 1.54) is 0 Å². The molecule has 1 aliphatic rings. The van der Waals surface area contributed by atoms with Crippen molar-refractivity contribution in [1.29, 1.82) is 0 Å². The van der Waals surface area contributed by atoms with Gasteiger partial charge >= 0.3 is 0 Å². The summed E-state index contributed by atoms with van der Waals surface area (Å²) < 4.78 is 0. The van der Waals surface area contributed by atoms with Crippen LogP contribution in [0.2, 0.25) is 0 Å². The fourth-order valence-corrected chi connectivity index (χ4v) is 1.01. The SMILES string of the molecule is O=C([O-])[NH+]1CCCC1. The second-order valence-corrected chi connectivity index (χ2v) is 2.10. The summed E-state index contributed by atoms with van der Waals surface area (Å²) in [5.74, 6) is 0. The molecule has 1 rings (SSSR count). The second kappa shape index (κ2) is 2.13. The van der Waals surface area contributed by atoms with Gasteiger partial charge in [0.2, 0.25) is 0 Å². The van der Waals surface area contributed by atoms with Crippen LogP contribution < -0.4 is 10.0 Å². The van der Waals surface area contributed by atoms with E-state index in [0.717, 1.165) is 25.9 Å². The molecule has 0 aromatic rings. The zero-order chi connectivity index (χ0) is 5.98. The Bertz CT molecular complexity index is 96.6. The highest BCUT2D eigenvalue weighted by atomic mass is 16.4. The van der Waals surface area contributed by atoms with Crippen LogP contribution in [0.3, 0.4) is 0 Å². The van der Waals surface area contributed by atoms with Crippen molar-refractivity contribution in [3.8, 4) is 0 Å². The van der Waals surface area contributed by atoms with Gasteiger partial charge < -0.3 is 9.90 Å². The number of rotatable bonds is 0. The van der Waals surface area contributed by atoms with Gasteiger partial charge in [-0.15, -0.1) is 0 Å². The number of quaternary nitrogens is 1. The van der Waals surface area contributed by atoms with Crippen LogP contribution in [-0.2, 0) is 0 Å². The summed E-state index contributed by atoms with van der Waals surface area (Å²) in [6.45, 7) is 1.50. The Balaban J connectivity index is 2.35. The molecule has 0 unspecified atom stereocenters. The van der Waals surface area contributed by atoms with E-state index in [1.807, 2.05) is 0 Å². The summed E-state index contributed by atoms with van der Waals surface area (Å²) >= 11 is 0. The molecule has 0 spiro atoms. The third-order valence-corrected chi connectivity index (χ3v) is 1.50. The Morgan fingerprint density at radius 3 is 2.12 bits per heavy atom. The molecule has 0 bridgehead atoms. The van der Waals surface area contributed by atoms with Gasteiger partial charge in [-0.25, -0.2) is 0 Å². The lowest BCUT2D eigenvalue weighted by Crippen LogP contribution is -3.15. The van der Waals surface area contributed by atoms with Gasteiger partial charge in [0.25, 0.3) is 6.09 Å². The van der Waals surface area contributed by atoms with E-state index in [4.69, 9.17) is 0 Å². The number of hydrogen-bond acceptors (Lipinski definition) is 2. The predicted molar refractivity (Wildman–Crippen MR) is 25.3 cm³/mol. The summed E-state index contributed by atoms with van der Waals surface area (Å²) in [4.78, 5) is 10.7. The normalized spacial score (nSPS) is 21.5. The zero-order valence-electron chi connectivity index (χ0n) is 4.64. The van der Waals surface area contributed by atoms with Crippen LogP contribution in [0.25, 0.3) is 0 Å². The topological polar surface area (TPSA) is 44.6 Å². The lowest BCUT2D eigenvalue weighted by Gasteiger charge is -2.08. The minimum Gasteiger partial charge on any atom is -0.498 e. The highest BCUT2D eigenvalue weighted by Crippen LogP contribution is 1.85. The van der Waals surface area contributed by atoms with E-state index >= 15 is 0 Å². The third-order valence-electron chi connectivity index (χ3n) is 1.50. The summed E-state index contributed by atoms with van der Waals surface area (Å²) in [5, 5.41) is 10.1. The van der Waals surface area contributed by atoms with Gasteiger partial charge in [0.1, 0.15) is 0 Å². The van der Waals surface area contributed by atoms with Gasteiger partial charge in [-0.3, -0.25) is 4.90 Å². The van der Waals surface area contributed by atoms with E-state index < -0.39 is 6.09 Å². The molecular weight excluding hydrogens is 106 g/mol. The van der Waals surface area contributed by atoms with Crippen molar-refractivity contribution in [3.05, 3.63) is 0 Å². The van der Waals surface area contributed by atoms with Crippen LogP contribution in [-0.4, -0.2) is 19.2 Å². The van der Waals surface area contributed by atoms with E-state index in [2.05, 4.69) is 0 Å². The van der Waals surface area contributed by atoms with Crippen molar-refractivity contribution in [1.82, 2.24) is 0 Å².